The number of ether oxygens (including phenoxy) is 1. The summed E-state index contributed by atoms with van der Waals surface area (Å²) in [7, 11) is 4.22. The van der Waals surface area contributed by atoms with E-state index in [2.05, 4.69) is 47.4 Å². The van der Waals surface area contributed by atoms with Gasteiger partial charge in [0.1, 0.15) is 5.75 Å². The van der Waals surface area contributed by atoms with Crippen molar-refractivity contribution in [2.75, 3.05) is 40.3 Å². The Morgan fingerprint density at radius 1 is 1.15 bits per heavy atom. The Balaban J connectivity index is 1.55. The molecule has 0 spiro atoms. The minimum Gasteiger partial charge on any atom is -0.494 e. The maximum Gasteiger partial charge on any atom is 0.123 e. The van der Waals surface area contributed by atoms with Crippen LogP contribution in [0.2, 0.25) is 0 Å². The number of piperidine rings is 2. The van der Waals surface area contributed by atoms with Crippen molar-refractivity contribution in [3.05, 3.63) is 29.3 Å². The van der Waals surface area contributed by atoms with Crippen molar-refractivity contribution in [3.8, 4) is 5.75 Å². The molecule has 4 nitrogen and oxygen atoms in total. The number of benzene rings is 1. The Labute approximate surface area is 159 Å². The van der Waals surface area contributed by atoms with E-state index in [1.54, 1.807) is 0 Å². The number of nitrogens with one attached hydrogen (secondary N) is 1. The van der Waals surface area contributed by atoms with Crippen LogP contribution < -0.4 is 10.1 Å². The van der Waals surface area contributed by atoms with Crippen LogP contribution in [-0.4, -0.2) is 56.2 Å². The van der Waals surface area contributed by atoms with Crippen LogP contribution in [0.3, 0.4) is 0 Å². The molecule has 0 amide bonds. The lowest BCUT2D eigenvalue weighted by Crippen LogP contribution is -2.50. The topological polar surface area (TPSA) is 27.7 Å². The summed E-state index contributed by atoms with van der Waals surface area (Å²) in [5.41, 5.74) is 2.65. The van der Waals surface area contributed by atoms with E-state index in [1.165, 1.54) is 56.3 Å². The molecule has 0 saturated carbocycles. The minimum absolute atomic E-state index is 0.720. The highest BCUT2D eigenvalue weighted by molar-refractivity contribution is 5.37. The van der Waals surface area contributed by atoms with Crippen molar-refractivity contribution in [1.82, 2.24) is 15.1 Å². The third-order valence-corrected chi connectivity index (χ3v) is 5.88. The molecule has 1 N–H and O–H groups in total. The van der Waals surface area contributed by atoms with E-state index < -0.39 is 0 Å². The SMILES string of the molecule is CCOc1ccc(CNC[C@@H]2CCCN3CCCC[C@H]23)cc1CN(C)C. The highest BCUT2D eigenvalue weighted by Crippen LogP contribution is 2.30. The van der Waals surface area contributed by atoms with Crippen molar-refractivity contribution in [2.45, 2.75) is 58.2 Å². The summed E-state index contributed by atoms with van der Waals surface area (Å²) in [6.45, 7) is 8.45. The average Bonchev–Trinajstić information content (AvgIpc) is 2.64. The zero-order valence-electron chi connectivity index (χ0n) is 17.0. The first-order chi connectivity index (χ1) is 12.7. The largest absolute Gasteiger partial charge is 0.494 e. The molecule has 2 fully saturated rings. The molecule has 2 aliphatic heterocycles. The summed E-state index contributed by atoms with van der Waals surface area (Å²) in [4.78, 5) is 4.96. The Morgan fingerprint density at radius 2 is 2.00 bits per heavy atom. The molecule has 3 rings (SSSR count). The van der Waals surface area contributed by atoms with E-state index >= 15 is 0 Å². The van der Waals surface area contributed by atoms with Crippen LogP contribution in [0.1, 0.15) is 50.2 Å². The lowest BCUT2D eigenvalue weighted by Gasteiger charge is -2.44. The highest BCUT2D eigenvalue weighted by Gasteiger charge is 2.32. The molecule has 0 aromatic heterocycles. The second kappa shape index (κ2) is 9.72. The van der Waals surface area contributed by atoms with Gasteiger partial charge in [0.25, 0.3) is 0 Å². The van der Waals surface area contributed by atoms with Gasteiger partial charge in [-0.05, 0) is 90.0 Å². The summed E-state index contributed by atoms with van der Waals surface area (Å²) < 4.78 is 5.80. The predicted molar refractivity (Wildman–Crippen MR) is 109 cm³/mol. The van der Waals surface area contributed by atoms with E-state index in [4.69, 9.17) is 4.74 Å². The first kappa shape index (κ1) is 19.7. The van der Waals surface area contributed by atoms with Crippen LogP contribution in [0.25, 0.3) is 0 Å². The zero-order valence-corrected chi connectivity index (χ0v) is 17.0. The van der Waals surface area contributed by atoms with Gasteiger partial charge in [-0.3, -0.25) is 0 Å². The monoisotopic (exact) mass is 359 g/mol. The summed E-state index contributed by atoms with van der Waals surface area (Å²) in [5.74, 6) is 1.85. The van der Waals surface area contributed by atoms with Crippen LogP contribution in [0.15, 0.2) is 18.2 Å². The van der Waals surface area contributed by atoms with Crippen molar-refractivity contribution >= 4 is 0 Å². The predicted octanol–water partition coefficient (Wildman–Crippen LogP) is 3.50. The Bertz CT molecular complexity index is 558. The standard InChI is InChI=1S/C22H37N3O/c1-4-26-22-11-10-18(14-20(22)17-24(2)3)15-23-16-19-8-7-13-25-12-6-5-9-21(19)25/h10-11,14,19,21,23H,4-9,12-13,15-17H2,1-3H3/t19-,21+/m0/s1. The highest BCUT2D eigenvalue weighted by atomic mass is 16.5. The molecule has 0 aliphatic carbocycles. The van der Waals surface area contributed by atoms with E-state index in [-0.39, 0.29) is 0 Å². The Hall–Kier alpha value is -1.10. The number of fused-ring (bicyclic) bond motifs is 1. The normalized spacial score (nSPS) is 23.8. The van der Waals surface area contributed by atoms with E-state index in [0.717, 1.165) is 44.0 Å². The fourth-order valence-corrected chi connectivity index (χ4v) is 4.72. The van der Waals surface area contributed by atoms with Gasteiger partial charge in [-0.2, -0.15) is 0 Å². The summed E-state index contributed by atoms with van der Waals surface area (Å²) in [6.07, 6.45) is 6.99. The maximum atomic E-state index is 5.80. The zero-order chi connectivity index (χ0) is 18.4. The first-order valence-corrected chi connectivity index (χ1v) is 10.5. The van der Waals surface area contributed by atoms with Crippen molar-refractivity contribution < 1.29 is 4.74 Å². The maximum absolute atomic E-state index is 5.80. The first-order valence-electron chi connectivity index (χ1n) is 10.5. The lowest BCUT2D eigenvalue weighted by molar-refractivity contribution is 0.0593. The molecule has 146 valence electrons. The second-order valence-electron chi connectivity index (χ2n) is 8.25. The second-order valence-corrected chi connectivity index (χ2v) is 8.25. The van der Waals surface area contributed by atoms with Crippen molar-refractivity contribution in [2.24, 2.45) is 5.92 Å². The molecule has 2 aliphatic rings. The van der Waals surface area contributed by atoms with Gasteiger partial charge in [0.2, 0.25) is 0 Å². The summed E-state index contributed by atoms with van der Waals surface area (Å²) in [5, 5.41) is 3.76. The number of hydrogen-bond donors (Lipinski definition) is 1. The molecule has 4 heteroatoms. The summed E-state index contributed by atoms with van der Waals surface area (Å²) in [6, 6.07) is 7.49. The van der Waals surface area contributed by atoms with Crippen LogP contribution >= 0.6 is 0 Å². The molecule has 0 bridgehead atoms. The van der Waals surface area contributed by atoms with Gasteiger partial charge in [-0.1, -0.05) is 12.5 Å². The minimum atomic E-state index is 0.720. The Morgan fingerprint density at radius 3 is 2.81 bits per heavy atom. The van der Waals surface area contributed by atoms with Gasteiger partial charge in [0.05, 0.1) is 6.61 Å². The molecule has 2 heterocycles. The summed E-state index contributed by atoms with van der Waals surface area (Å²) >= 11 is 0. The van der Waals surface area contributed by atoms with E-state index in [1.807, 2.05) is 6.92 Å². The molecule has 2 saturated heterocycles. The van der Waals surface area contributed by atoms with Gasteiger partial charge in [-0.25, -0.2) is 0 Å². The van der Waals surface area contributed by atoms with Crippen molar-refractivity contribution in [1.29, 1.82) is 0 Å². The fourth-order valence-electron chi connectivity index (χ4n) is 4.72. The van der Waals surface area contributed by atoms with Crippen molar-refractivity contribution in [3.63, 3.8) is 0 Å². The van der Waals surface area contributed by atoms with Crippen LogP contribution in [0.5, 0.6) is 5.75 Å². The van der Waals surface area contributed by atoms with E-state index in [9.17, 15) is 0 Å². The fraction of sp³-hybridized carbons (Fsp3) is 0.727. The third kappa shape index (κ3) is 5.21. The molecular formula is C22H37N3O. The lowest BCUT2D eigenvalue weighted by atomic mass is 9.83. The van der Waals surface area contributed by atoms with Gasteiger partial charge in [0.15, 0.2) is 0 Å². The van der Waals surface area contributed by atoms with Gasteiger partial charge in [0, 0.05) is 24.7 Å². The number of rotatable bonds is 8. The third-order valence-electron chi connectivity index (χ3n) is 5.88. The number of hydrogen-bond acceptors (Lipinski definition) is 4. The van der Waals surface area contributed by atoms with Gasteiger partial charge >= 0.3 is 0 Å². The Kier molecular flexibility index (Phi) is 7.35. The van der Waals surface area contributed by atoms with Crippen LogP contribution in [0.4, 0.5) is 0 Å². The molecule has 0 unspecified atom stereocenters. The van der Waals surface area contributed by atoms with E-state index in [0.29, 0.717) is 0 Å². The molecular weight excluding hydrogens is 322 g/mol. The molecule has 1 aromatic carbocycles. The van der Waals surface area contributed by atoms with Gasteiger partial charge in [-0.15, -0.1) is 0 Å². The molecule has 1 aromatic rings. The van der Waals surface area contributed by atoms with Gasteiger partial charge < -0.3 is 19.9 Å². The molecule has 26 heavy (non-hydrogen) atoms. The average molecular weight is 360 g/mol. The smallest absolute Gasteiger partial charge is 0.123 e. The molecule has 0 radical (unpaired) electrons. The van der Waals surface area contributed by atoms with Crippen LogP contribution in [0, 0.1) is 5.92 Å². The number of nitrogens with zero attached hydrogens (tertiary/aromatic N) is 2. The molecule has 2 atom stereocenters. The quantitative estimate of drug-likeness (QED) is 0.769. The van der Waals surface area contributed by atoms with Crippen LogP contribution in [-0.2, 0) is 13.1 Å².